The molecule has 0 aliphatic rings. The maximum absolute atomic E-state index is 5.74. The summed E-state index contributed by atoms with van der Waals surface area (Å²) >= 11 is 1.58. The third-order valence-electron chi connectivity index (χ3n) is 3.36. The van der Waals surface area contributed by atoms with Crippen LogP contribution in [0.15, 0.2) is 12.1 Å². The molecule has 0 saturated heterocycles. The number of hydrogen-bond donors (Lipinski definition) is 1. The van der Waals surface area contributed by atoms with Crippen LogP contribution in [0.1, 0.15) is 32.8 Å². The molecule has 1 aromatic heterocycles. The Morgan fingerprint density at radius 3 is 2.17 bits per heavy atom. The third-order valence-corrected chi connectivity index (χ3v) is 4.20. The highest BCUT2D eigenvalue weighted by molar-refractivity contribution is 7.15. The molecule has 3 heteroatoms. The predicted molar refractivity (Wildman–Crippen MR) is 79.3 cm³/mol. The van der Waals surface area contributed by atoms with Crippen molar-refractivity contribution < 1.29 is 0 Å². The number of anilines is 1. The van der Waals surface area contributed by atoms with Gasteiger partial charge < -0.3 is 5.73 Å². The third kappa shape index (κ3) is 2.72. The lowest BCUT2D eigenvalue weighted by molar-refractivity contribution is 0.901. The number of hydrogen-bond acceptors (Lipinski definition) is 3. The molecule has 2 aromatic rings. The number of aryl methyl sites for hydroxylation is 5. The molecule has 0 radical (unpaired) electrons. The summed E-state index contributed by atoms with van der Waals surface area (Å²) in [5, 5.41) is 0.680. The first-order valence-electron chi connectivity index (χ1n) is 6.26. The van der Waals surface area contributed by atoms with E-state index >= 15 is 0 Å². The van der Waals surface area contributed by atoms with Gasteiger partial charge in [-0.25, -0.2) is 4.98 Å². The molecule has 0 amide bonds. The Morgan fingerprint density at radius 2 is 1.67 bits per heavy atom. The first-order chi connectivity index (χ1) is 8.47. The van der Waals surface area contributed by atoms with Crippen molar-refractivity contribution in [2.75, 3.05) is 5.73 Å². The van der Waals surface area contributed by atoms with E-state index in [9.17, 15) is 0 Å². The molecule has 18 heavy (non-hydrogen) atoms. The monoisotopic (exact) mass is 260 g/mol. The van der Waals surface area contributed by atoms with Gasteiger partial charge in [-0.05, 0) is 57.2 Å². The van der Waals surface area contributed by atoms with E-state index in [1.165, 1.54) is 27.1 Å². The van der Waals surface area contributed by atoms with Crippen LogP contribution in [0.4, 0.5) is 5.13 Å². The van der Waals surface area contributed by atoms with Crippen LogP contribution in [0.25, 0.3) is 0 Å². The summed E-state index contributed by atoms with van der Waals surface area (Å²) in [5.74, 6) is 0. The molecule has 96 valence electrons. The molecule has 2 nitrogen and oxygen atoms in total. The Balaban J connectivity index is 2.18. The normalized spacial score (nSPS) is 10.9. The van der Waals surface area contributed by atoms with Crippen molar-refractivity contribution in [2.45, 2.75) is 40.5 Å². The summed E-state index contributed by atoms with van der Waals surface area (Å²) in [4.78, 5) is 5.64. The van der Waals surface area contributed by atoms with E-state index in [0.29, 0.717) is 5.13 Å². The Kier molecular flexibility index (Phi) is 3.71. The highest BCUT2D eigenvalue weighted by atomic mass is 32.1. The van der Waals surface area contributed by atoms with Crippen molar-refractivity contribution in [1.29, 1.82) is 0 Å². The maximum Gasteiger partial charge on any atom is 0.180 e. The molecule has 0 aliphatic heterocycles. The Bertz CT molecular complexity index is 547. The van der Waals surface area contributed by atoms with E-state index in [0.717, 1.165) is 18.5 Å². The zero-order valence-corrected chi connectivity index (χ0v) is 12.3. The van der Waals surface area contributed by atoms with Crippen molar-refractivity contribution >= 4 is 16.5 Å². The van der Waals surface area contributed by atoms with Crippen molar-refractivity contribution in [3.8, 4) is 0 Å². The summed E-state index contributed by atoms with van der Waals surface area (Å²) < 4.78 is 0. The summed E-state index contributed by atoms with van der Waals surface area (Å²) in [5.41, 5.74) is 12.4. The number of nitrogens with two attached hydrogens (primary N) is 1. The molecule has 0 saturated carbocycles. The van der Waals surface area contributed by atoms with Gasteiger partial charge in [0.05, 0.1) is 5.69 Å². The molecular formula is C15H20N2S. The van der Waals surface area contributed by atoms with Crippen LogP contribution in [-0.2, 0) is 12.8 Å². The molecule has 0 aliphatic carbocycles. The average molecular weight is 260 g/mol. The van der Waals surface area contributed by atoms with E-state index in [2.05, 4.69) is 44.8 Å². The van der Waals surface area contributed by atoms with Gasteiger partial charge in [0.1, 0.15) is 0 Å². The fraction of sp³-hybridized carbons (Fsp3) is 0.400. The van der Waals surface area contributed by atoms with Crippen LogP contribution in [0.2, 0.25) is 0 Å². The van der Waals surface area contributed by atoms with Gasteiger partial charge in [-0.15, -0.1) is 11.3 Å². The molecule has 1 heterocycles. The van der Waals surface area contributed by atoms with Crippen molar-refractivity contribution in [3.05, 3.63) is 45.0 Å². The van der Waals surface area contributed by atoms with Gasteiger partial charge in [0.15, 0.2) is 5.13 Å². The SMILES string of the molecule is Cc1cc(C)c(CCc2nc(N)sc2C)c(C)c1. The minimum atomic E-state index is 0.680. The number of rotatable bonds is 3. The van der Waals surface area contributed by atoms with E-state index < -0.39 is 0 Å². The summed E-state index contributed by atoms with van der Waals surface area (Å²) in [6, 6.07) is 4.51. The molecule has 2 rings (SSSR count). The predicted octanol–water partition coefficient (Wildman–Crippen LogP) is 3.74. The zero-order chi connectivity index (χ0) is 13.3. The molecule has 2 N–H and O–H groups in total. The lowest BCUT2D eigenvalue weighted by Crippen LogP contribution is -1.99. The van der Waals surface area contributed by atoms with Gasteiger partial charge in [0.25, 0.3) is 0 Å². The number of aromatic nitrogens is 1. The highest BCUT2D eigenvalue weighted by Crippen LogP contribution is 2.23. The molecular weight excluding hydrogens is 240 g/mol. The highest BCUT2D eigenvalue weighted by Gasteiger charge is 2.08. The van der Waals surface area contributed by atoms with E-state index in [1.54, 1.807) is 11.3 Å². The zero-order valence-electron chi connectivity index (χ0n) is 11.5. The number of thiazole rings is 1. The fourth-order valence-electron chi connectivity index (χ4n) is 2.53. The minimum absolute atomic E-state index is 0.680. The number of benzene rings is 1. The van der Waals surface area contributed by atoms with Gasteiger partial charge in [0.2, 0.25) is 0 Å². The fourth-order valence-corrected chi connectivity index (χ4v) is 3.26. The first kappa shape index (κ1) is 13.1. The summed E-state index contributed by atoms with van der Waals surface area (Å²) in [7, 11) is 0. The van der Waals surface area contributed by atoms with Crippen molar-refractivity contribution in [3.63, 3.8) is 0 Å². The second-order valence-electron chi connectivity index (χ2n) is 4.93. The Hall–Kier alpha value is -1.35. The molecule has 0 spiro atoms. The van der Waals surface area contributed by atoms with Crippen molar-refractivity contribution in [2.24, 2.45) is 0 Å². The first-order valence-corrected chi connectivity index (χ1v) is 7.07. The smallest absolute Gasteiger partial charge is 0.180 e. The van der Waals surface area contributed by atoms with Gasteiger partial charge in [0, 0.05) is 4.88 Å². The Labute approximate surface area is 113 Å². The average Bonchev–Trinajstić information content (AvgIpc) is 2.55. The van der Waals surface area contributed by atoms with E-state index in [1.807, 2.05) is 0 Å². The second-order valence-corrected chi connectivity index (χ2v) is 6.17. The standard InChI is InChI=1S/C15H20N2S/c1-9-7-10(2)13(11(3)8-9)5-6-14-12(4)18-15(16)17-14/h7-8H,5-6H2,1-4H3,(H2,16,17). The van der Waals surface area contributed by atoms with E-state index in [-0.39, 0.29) is 0 Å². The molecule has 0 bridgehead atoms. The van der Waals surface area contributed by atoms with Gasteiger partial charge in [-0.2, -0.15) is 0 Å². The van der Waals surface area contributed by atoms with Gasteiger partial charge >= 0.3 is 0 Å². The molecule has 0 unspecified atom stereocenters. The molecule has 0 atom stereocenters. The maximum atomic E-state index is 5.74. The minimum Gasteiger partial charge on any atom is -0.375 e. The van der Waals surface area contributed by atoms with Crippen molar-refractivity contribution in [1.82, 2.24) is 4.98 Å². The van der Waals surface area contributed by atoms with E-state index in [4.69, 9.17) is 5.73 Å². The topological polar surface area (TPSA) is 38.9 Å². The van der Waals surface area contributed by atoms with Gasteiger partial charge in [-0.1, -0.05) is 17.7 Å². The quantitative estimate of drug-likeness (QED) is 0.913. The van der Waals surface area contributed by atoms with Crippen LogP contribution in [-0.4, -0.2) is 4.98 Å². The number of nitrogen functional groups attached to an aromatic ring is 1. The number of nitrogens with zero attached hydrogens (tertiary/aromatic N) is 1. The van der Waals surface area contributed by atoms with Crippen LogP contribution in [0.3, 0.4) is 0 Å². The Morgan fingerprint density at radius 1 is 1.06 bits per heavy atom. The van der Waals surface area contributed by atoms with Gasteiger partial charge in [-0.3, -0.25) is 0 Å². The second kappa shape index (κ2) is 5.11. The summed E-state index contributed by atoms with van der Waals surface area (Å²) in [6.45, 7) is 8.63. The van der Waals surface area contributed by atoms with Crippen LogP contribution < -0.4 is 5.73 Å². The molecule has 1 aromatic carbocycles. The summed E-state index contributed by atoms with van der Waals surface area (Å²) in [6.07, 6.45) is 2.02. The lowest BCUT2D eigenvalue weighted by Gasteiger charge is -2.10. The largest absolute Gasteiger partial charge is 0.375 e. The molecule has 0 fully saturated rings. The van der Waals surface area contributed by atoms with Crippen LogP contribution >= 0.6 is 11.3 Å². The van der Waals surface area contributed by atoms with Crippen LogP contribution in [0.5, 0.6) is 0 Å². The van der Waals surface area contributed by atoms with Crippen LogP contribution in [0, 0.1) is 27.7 Å². The lowest BCUT2D eigenvalue weighted by atomic mass is 9.95.